The van der Waals surface area contributed by atoms with E-state index < -0.39 is 0 Å². The molecule has 1 fully saturated rings. The van der Waals surface area contributed by atoms with E-state index in [4.69, 9.17) is 18.6 Å². The van der Waals surface area contributed by atoms with Crippen molar-refractivity contribution in [1.82, 2.24) is 15.1 Å². The Bertz CT molecular complexity index is 975. The minimum Gasteiger partial charge on any atom is -0.493 e. The van der Waals surface area contributed by atoms with Gasteiger partial charge in [0.05, 0.1) is 32.1 Å². The molecule has 1 aromatic carbocycles. The molecule has 0 saturated carbocycles. The van der Waals surface area contributed by atoms with Crippen molar-refractivity contribution in [2.24, 2.45) is 0 Å². The molecule has 0 radical (unpaired) electrons. The smallest absolute Gasteiger partial charge is 0.257 e. The van der Waals surface area contributed by atoms with Crippen molar-refractivity contribution in [1.29, 1.82) is 0 Å². The molecule has 160 valence electrons. The zero-order valence-corrected chi connectivity index (χ0v) is 18.6. The van der Waals surface area contributed by atoms with Crippen molar-refractivity contribution in [3.8, 4) is 28.0 Å². The normalized spacial score (nSPS) is 17.1. The predicted octanol–water partition coefficient (Wildman–Crippen LogP) is 4.51. The molecule has 0 aliphatic carbocycles. The Balaban J connectivity index is 1.48. The molecule has 3 heterocycles. The first-order valence-electron chi connectivity index (χ1n) is 10.0. The van der Waals surface area contributed by atoms with Crippen LogP contribution in [0.2, 0.25) is 0 Å². The molecule has 0 N–H and O–H groups in total. The summed E-state index contributed by atoms with van der Waals surface area (Å²) in [5.41, 5.74) is 1.12. The van der Waals surface area contributed by atoms with Gasteiger partial charge in [-0.1, -0.05) is 0 Å². The molecule has 0 spiro atoms. The van der Waals surface area contributed by atoms with E-state index in [1.807, 2.05) is 18.2 Å². The van der Waals surface area contributed by atoms with E-state index >= 15 is 0 Å². The summed E-state index contributed by atoms with van der Waals surface area (Å²) in [4.78, 5) is 4.67. The summed E-state index contributed by atoms with van der Waals surface area (Å²) in [6, 6.07) is 8.13. The quantitative estimate of drug-likeness (QED) is 0.547. The highest BCUT2D eigenvalue weighted by atomic mass is 32.1. The molecule has 30 heavy (non-hydrogen) atoms. The molecular weight excluding hydrogens is 402 g/mol. The van der Waals surface area contributed by atoms with Gasteiger partial charge in [0, 0.05) is 18.0 Å². The standard InChI is InChI=1S/C22H27N3O4S/c1-14-7-8-19(30-14)22-24-23-21(29-22)16-6-5-9-25(13-16)12-15-10-17(26-2)20(28-4)18(11-15)27-3/h7-8,10-11,16H,5-6,9,12-13H2,1-4H3/t16-/m1/s1. The third kappa shape index (κ3) is 4.29. The van der Waals surface area contributed by atoms with Crippen molar-refractivity contribution < 1.29 is 18.6 Å². The maximum Gasteiger partial charge on any atom is 0.257 e. The first kappa shape index (κ1) is 20.7. The van der Waals surface area contributed by atoms with Crippen LogP contribution in [-0.2, 0) is 6.54 Å². The van der Waals surface area contributed by atoms with Gasteiger partial charge in [0.15, 0.2) is 11.5 Å². The van der Waals surface area contributed by atoms with Crippen LogP contribution in [0.15, 0.2) is 28.7 Å². The summed E-state index contributed by atoms with van der Waals surface area (Å²) >= 11 is 1.67. The van der Waals surface area contributed by atoms with Crippen LogP contribution in [0.25, 0.3) is 10.8 Å². The minimum absolute atomic E-state index is 0.239. The van der Waals surface area contributed by atoms with Gasteiger partial charge in [-0.2, -0.15) is 0 Å². The summed E-state index contributed by atoms with van der Waals surface area (Å²) in [6.45, 7) is 4.77. The van der Waals surface area contributed by atoms with Crippen LogP contribution < -0.4 is 14.2 Å². The first-order chi connectivity index (χ1) is 14.6. The molecule has 0 amide bonds. The number of benzene rings is 1. The Kier molecular flexibility index (Phi) is 6.24. The second-order valence-corrected chi connectivity index (χ2v) is 8.75. The van der Waals surface area contributed by atoms with Crippen molar-refractivity contribution in [3.63, 3.8) is 0 Å². The highest BCUT2D eigenvalue weighted by Crippen LogP contribution is 2.39. The number of nitrogens with zero attached hydrogens (tertiary/aromatic N) is 3. The molecule has 0 bridgehead atoms. The average molecular weight is 430 g/mol. The van der Waals surface area contributed by atoms with Gasteiger partial charge in [-0.25, -0.2) is 0 Å². The SMILES string of the molecule is COc1cc(CN2CCC[C@@H](c3nnc(-c4ccc(C)s4)o3)C2)cc(OC)c1OC. The van der Waals surface area contributed by atoms with Crippen molar-refractivity contribution in [2.45, 2.75) is 32.2 Å². The molecule has 7 nitrogen and oxygen atoms in total. The fourth-order valence-corrected chi connectivity index (χ4v) is 4.72. The monoisotopic (exact) mass is 429 g/mol. The Labute approximate surface area is 180 Å². The number of piperidine rings is 1. The van der Waals surface area contributed by atoms with Crippen molar-refractivity contribution in [2.75, 3.05) is 34.4 Å². The van der Waals surface area contributed by atoms with Crippen LogP contribution >= 0.6 is 11.3 Å². The summed E-state index contributed by atoms with van der Waals surface area (Å²) < 4.78 is 22.4. The van der Waals surface area contributed by atoms with E-state index in [9.17, 15) is 0 Å². The Morgan fingerprint density at radius 3 is 2.50 bits per heavy atom. The van der Waals surface area contributed by atoms with Crippen molar-refractivity contribution >= 4 is 11.3 Å². The van der Waals surface area contributed by atoms with E-state index in [1.165, 1.54) is 4.88 Å². The molecule has 1 saturated heterocycles. The van der Waals surface area contributed by atoms with Crippen molar-refractivity contribution in [3.05, 3.63) is 40.6 Å². The Morgan fingerprint density at radius 1 is 1.10 bits per heavy atom. The third-order valence-electron chi connectivity index (χ3n) is 5.38. The van der Waals surface area contributed by atoms with Gasteiger partial charge >= 0.3 is 0 Å². The molecule has 3 aromatic rings. The molecule has 1 aliphatic rings. The maximum absolute atomic E-state index is 6.03. The van der Waals surface area contributed by atoms with E-state index in [2.05, 4.69) is 28.1 Å². The molecule has 1 atom stereocenters. The zero-order chi connectivity index (χ0) is 21.1. The topological polar surface area (TPSA) is 69.9 Å². The lowest BCUT2D eigenvalue weighted by molar-refractivity contribution is 0.186. The molecular formula is C22H27N3O4S. The average Bonchev–Trinajstić information content (AvgIpc) is 3.42. The lowest BCUT2D eigenvalue weighted by Crippen LogP contribution is -2.34. The number of thiophene rings is 1. The summed E-state index contributed by atoms with van der Waals surface area (Å²) in [7, 11) is 4.89. The van der Waals surface area contributed by atoms with Crippen LogP contribution in [-0.4, -0.2) is 49.5 Å². The van der Waals surface area contributed by atoms with Gasteiger partial charge in [0.25, 0.3) is 5.89 Å². The second kappa shape index (κ2) is 9.06. The van der Waals surface area contributed by atoms with E-state index in [0.717, 1.165) is 48.8 Å². The number of rotatable bonds is 7. The van der Waals surface area contributed by atoms with E-state index in [0.29, 0.717) is 23.1 Å². The van der Waals surface area contributed by atoms with Crippen LogP contribution in [0.5, 0.6) is 17.2 Å². The van der Waals surface area contributed by atoms with Gasteiger partial charge in [-0.15, -0.1) is 21.5 Å². The number of hydrogen-bond acceptors (Lipinski definition) is 8. The fourth-order valence-electron chi connectivity index (χ4n) is 3.93. The molecule has 4 rings (SSSR count). The molecule has 0 unspecified atom stereocenters. The summed E-state index contributed by atoms with van der Waals surface area (Å²) in [5, 5.41) is 8.63. The molecule has 2 aromatic heterocycles. The van der Waals surface area contributed by atoms with Gasteiger partial charge in [0.2, 0.25) is 11.6 Å². The van der Waals surface area contributed by atoms with E-state index in [-0.39, 0.29) is 5.92 Å². The summed E-state index contributed by atoms with van der Waals surface area (Å²) in [5.74, 6) is 3.54. The Morgan fingerprint density at radius 2 is 1.87 bits per heavy atom. The number of ether oxygens (including phenoxy) is 3. The number of hydrogen-bond donors (Lipinski definition) is 0. The van der Waals surface area contributed by atoms with Crippen LogP contribution in [0, 0.1) is 6.92 Å². The maximum atomic E-state index is 6.03. The highest BCUT2D eigenvalue weighted by Gasteiger charge is 2.27. The lowest BCUT2D eigenvalue weighted by Gasteiger charge is -2.31. The fraction of sp³-hybridized carbons (Fsp3) is 0.455. The predicted molar refractivity (Wildman–Crippen MR) is 116 cm³/mol. The lowest BCUT2D eigenvalue weighted by atomic mass is 9.97. The molecule has 1 aliphatic heterocycles. The first-order valence-corrected chi connectivity index (χ1v) is 10.8. The van der Waals surface area contributed by atoms with Gasteiger partial charge in [-0.3, -0.25) is 4.90 Å². The minimum atomic E-state index is 0.239. The highest BCUT2D eigenvalue weighted by molar-refractivity contribution is 7.15. The van der Waals surface area contributed by atoms with Gasteiger partial charge in [0.1, 0.15) is 0 Å². The number of aryl methyl sites for hydroxylation is 1. The van der Waals surface area contributed by atoms with Crippen LogP contribution in [0.4, 0.5) is 0 Å². The van der Waals surface area contributed by atoms with Gasteiger partial charge < -0.3 is 18.6 Å². The Hall–Kier alpha value is -2.58. The van der Waals surface area contributed by atoms with Gasteiger partial charge in [-0.05, 0) is 56.1 Å². The molecule has 8 heteroatoms. The van der Waals surface area contributed by atoms with Crippen LogP contribution in [0.3, 0.4) is 0 Å². The largest absolute Gasteiger partial charge is 0.493 e. The zero-order valence-electron chi connectivity index (χ0n) is 17.8. The third-order valence-corrected chi connectivity index (χ3v) is 6.37. The number of aromatic nitrogens is 2. The number of likely N-dealkylation sites (tertiary alicyclic amines) is 1. The van der Waals surface area contributed by atoms with Crippen LogP contribution in [0.1, 0.15) is 35.1 Å². The second-order valence-electron chi connectivity index (χ2n) is 7.46. The number of methoxy groups -OCH3 is 3. The van der Waals surface area contributed by atoms with E-state index in [1.54, 1.807) is 32.7 Å². The summed E-state index contributed by atoms with van der Waals surface area (Å²) in [6.07, 6.45) is 2.14.